The van der Waals surface area contributed by atoms with Gasteiger partial charge in [0.15, 0.2) is 18.1 Å². The van der Waals surface area contributed by atoms with E-state index in [2.05, 4.69) is 10.6 Å². The third-order valence-electron chi connectivity index (χ3n) is 4.22. The Labute approximate surface area is 176 Å². The highest BCUT2D eigenvalue weighted by molar-refractivity contribution is 6.04. The monoisotopic (exact) mass is 413 g/mol. The van der Waals surface area contributed by atoms with E-state index in [0.29, 0.717) is 22.7 Å². The van der Waals surface area contributed by atoms with Crippen molar-refractivity contribution in [3.05, 3.63) is 48.0 Å². The van der Waals surface area contributed by atoms with Crippen LogP contribution in [0.3, 0.4) is 0 Å². The Morgan fingerprint density at radius 1 is 1.03 bits per heavy atom. The van der Waals surface area contributed by atoms with Crippen molar-refractivity contribution in [3.8, 4) is 11.5 Å². The zero-order chi connectivity index (χ0) is 22.3. The summed E-state index contributed by atoms with van der Waals surface area (Å²) in [6.07, 6.45) is 0. The normalized spacial score (nSPS) is 10.3. The molecular formula is C22H27N3O5. The Bertz CT molecular complexity index is 909. The second kappa shape index (κ2) is 10.3. The average molecular weight is 413 g/mol. The topological polar surface area (TPSA) is 97.0 Å². The number of carbonyl (C=O) groups is 3. The van der Waals surface area contributed by atoms with Crippen molar-refractivity contribution in [3.63, 3.8) is 0 Å². The van der Waals surface area contributed by atoms with Crippen LogP contribution in [-0.2, 0) is 9.59 Å². The van der Waals surface area contributed by atoms with Gasteiger partial charge in [-0.05, 0) is 56.3 Å². The van der Waals surface area contributed by atoms with Crippen molar-refractivity contribution >= 4 is 29.1 Å². The number of carbonyl (C=O) groups excluding carboxylic acids is 3. The molecule has 8 heteroatoms. The molecule has 0 fully saturated rings. The first kappa shape index (κ1) is 22.7. The molecule has 0 radical (unpaired) electrons. The van der Waals surface area contributed by atoms with Gasteiger partial charge in [0.2, 0.25) is 5.91 Å². The molecule has 0 aromatic heterocycles. The number of hydrogen-bond acceptors (Lipinski definition) is 5. The van der Waals surface area contributed by atoms with E-state index in [9.17, 15) is 14.4 Å². The number of nitrogens with one attached hydrogen (secondary N) is 2. The third-order valence-corrected chi connectivity index (χ3v) is 4.22. The van der Waals surface area contributed by atoms with Gasteiger partial charge in [0.25, 0.3) is 11.8 Å². The van der Waals surface area contributed by atoms with Crippen LogP contribution in [0.4, 0.5) is 11.4 Å². The molecule has 0 aliphatic rings. The standard InChI is InChI=1S/C22H27N3O5/c1-14(2)23-21(27)13-30-19-11-6-16(12-20(19)29-5)22(28)24-17-7-9-18(10-8-17)25(4)15(3)26/h6-12,14H,13H2,1-5H3,(H,23,27)(H,24,28). The molecule has 3 amide bonds. The summed E-state index contributed by atoms with van der Waals surface area (Å²) in [6, 6.07) is 11.7. The Balaban J connectivity index is 2.05. The van der Waals surface area contributed by atoms with Crippen LogP contribution in [0.2, 0.25) is 0 Å². The summed E-state index contributed by atoms with van der Waals surface area (Å²) in [5, 5.41) is 5.53. The average Bonchev–Trinajstić information content (AvgIpc) is 2.71. The van der Waals surface area contributed by atoms with E-state index in [4.69, 9.17) is 9.47 Å². The van der Waals surface area contributed by atoms with Gasteiger partial charge in [-0.15, -0.1) is 0 Å². The number of benzene rings is 2. The number of ether oxygens (including phenoxy) is 2. The largest absolute Gasteiger partial charge is 0.493 e. The fourth-order valence-electron chi connectivity index (χ4n) is 2.59. The molecule has 0 aliphatic heterocycles. The molecule has 0 bridgehead atoms. The van der Waals surface area contributed by atoms with E-state index in [-0.39, 0.29) is 30.4 Å². The molecule has 0 unspecified atom stereocenters. The summed E-state index contributed by atoms with van der Waals surface area (Å²) >= 11 is 0. The van der Waals surface area contributed by atoms with Gasteiger partial charge in [-0.2, -0.15) is 0 Å². The molecule has 160 valence electrons. The maximum absolute atomic E-state index is 12.6. The van der Waals surface area contributed by atoms with Crippen molar-refractivity contribution in [1.29, 1.82) is 0 Å². The van der Waals surface area contributed by atoms with E-state index >= 15 is 0 Å². The highest BCUT2D eigenvalue weighted by Gasteiger charge is 2.13. The number of methoxy groups -OCH3 is 1. The van der Waals surface area contributed by atoms with Gasteiger partial charge >= 0.3 is 0 Å². The van der Waals surface area contributed by atoms with Crippen molar-refractivity contribution in [1.82, 2.24) is 5.32 Å². The molecule has 0 spiro atoms. The van der Waals surface area contributed by atoms with Gasteiger partial charge in [0, 0.05) is 37.0 Å². The molecule has 2 rings (SSSR count). The molecule has 0 heterocycles. The molecule has 8 nitrogen and oxygen atoms in total. The second-order valence-electron chi connectivity index (χ2n) is 6.96. The SMILES string of the molecule is COc1cc(C(=O)Nc2ccc(N(C)C(C)=O)cc2)ccc1OCC(=O)NC(C)C. The Morgan fingerprint density at radius 3 is 2.27 bits per heavy atom. The van der Waals surface area contributed by atoms with E-state index in [1.54, 1.807) is 49.5 Å². The van der Waals surface area contributed by atoms with Crippen LogP contribution in [-0.4, -0.2) is 44.5 Å². The third kappa shape index (κ3) is 6.23. The smallest absolute Gasteiger partial charge is 0.258 e. The van der Waals surface area contributed by atoms with Crippen LogP contribution < -0.4 is 25.0 Å². The van der Waals surface area contributed by atoms with Gasteiger partial charge in [-0.3, -0.25) is 14.4 Å². The lowest BCUT2D eigenvalue weighted by molar-refractivity contribution is -0.123. The molecule has 0 saturated heterocycles. The molecule has 2 N–H and O–H groups in total. The lowest BCUT2D eigenvalue weighted by atomic mass is 10.1. The molecule has 2 aromatic carbocycles. The van der Waals surface area contributed by atoms with Crippen LogP contribution in [0.5, 0.6) is 11.5 Å². The molecular weight excluding hydrogens is 386 g/mol. The van der Waals surface area contributed by atoms with Crippen LogP contribution in [0.1, 0.15) is 31.1 Å². The lowest BCUT2D eigenvalue weighted by Crippen LogP contribution is -2.34. The number of anilines is 2. The highest BCUT2D eigenvalue weighted by Crippen LogP contribution is 2.28. The predicted molar refractivity (Wildman–Crippen MR) is 115 cm³/mol. The van der Waals surface area contributed by atoms with E-state index in [1.165, 1.54) is 18.9 Å². The van der Waals surface area contributed by atoms with Gasteiger partial charge in [-0.25, -0.2) is 0 Å². The maximum atomic E-state index is 12.6. The first-order valence-corrected chi connectivity index (χ1v) is 9.47. The highest BCUT2D eigenvalue weighted by atomic mass is 16.5. The summed E-state index contributed by atoms with van der Waals surface area (Å²) in [5.74, 6) is 0.0590. The quantitative estimate of drug-likeness (QED) is 0.694. The summed E-state index contributed by atoms with van der Waals surface area (Å²) in [5.41, 5.74) is 1.69. The molecule has 0 saturated carbocycles. The number of hydrogen-bond donors (Lipinski definition) is 2. The van der Waals surface area contributed by atoms with Crippen molar-refractivity contribution in [2.45, 2.75) is 26.8 Å². The minimum absolute atomic E-state index is 0.0194. The van der Waals surface area contributed by atoms with Crippen LogP contribution >= 0.6 is 0 Å². The minimum atomic E-state index is -0.329. The van der Waals surface area contributed by atoms with E-state index in [0.717, 1.165) is 5.69 Å². The number of rotatable bonds is 8. The molecule has 30 heavy (non-hydrogen) atoms. The number of nitrogens with zero attached hydrogens (tertiary/aromatic N) is 1. The second-order valence-corrected chi connectivity index (χ2v) is 6.96. The Kier molecular flexibility index (Phi) is 7.80. The minimum Gasteiger partial charge on any atom is -0.493 e. The van der Waals surface area contributed by atoms with Gasteiger partial charge in [0.1, 0.15) is 0 Å². The zero-order valence-electron chi connectivity index (χ0n) is 17.8. The maximum Gasteiger partial charge on any atom is 0.258 e. The Morgan fingerprint density at radius 2 is 1.70 bits per heavy atom. The fourth-order valence-corrected chi connectivity index (χ4v) is 2.59. The fraction of sp³-hybridized carbons (Fsp3) is 0.318. The summed E-state index contributed by atoms with van der Waals surface area (Å²) < 4.78 is 10.8. The first-order valence-electron chi connectivity index (χ1n) is 9.47. The number of amides is 3. The van der Waals surface area contributed by atoms with Crippen LogP contribution in [0.15, 0.2) is 42.5 Å². The lowest BCUT2D eigenvalue weighted by Gasteiger charge is -2.15. The molecule has 2 aromatic rings. The van der Waals surface area contributed by atoms with E-state index < -0.39 is 0 Å². The zero-order valence-corrected chi connectivity index (χ0v) is 17.8. The summed E-state index contributed by atoms with van der Waals surface area (Å²) in [6.45, 7) is 5.05. The molecule has 0 atom stereocenters. The van der Waals surface area contributed by atoms with Crippen LogP contribution in [0, 0.1) is 0 Å². The predicted octanol–water partition coefficient (Wildman–Crippen LogP) is 2.83. The Hall–Kier alpha value is -3.55. The van der Waals surface area contributed by atoms with Crippen molar-refractivity contribution in [2.75, 3.05) is 31.0 Å². The van der Waals surface area contributed by atoms with Gasteiger partial charge in [-0.1, -0.05) is 0 Å². The summed E-state index contributed by atoms with van der Waals surface area (Å²) in [4.78, 5) is 37.3. The first-order chi connectivity index (χ1) is 14.2. The summed E-state index contributed by atoms with van der Waals surface area (Å²) in [7, 11) is 3.14. The van der Waals surface area contributed by atoms with Crippen molar-refractivity contribution in [2.24, 2.45) is 0 Å². The van der Waals surface area contributed by atoms with Gasteiger partial charge in [0.05, 0.1) is 7.11 Å². The molecule has 0 aliphatic carbocycles. The van der Waals surface area contributed by atoms with E-state index in [1.807, 2.05) is 13.8 Å². The van der Waals surface area contributed by atoms with Gasteiger partial charge < -0.3 is 25.0 Å². The van der Waals surface area contributed by atoms with Crippen LogP contribution in [0.25, 0.3) is 0 Å². The van der Waals surface area contributed by atoms with Crippen molar-refractivity contribution < 1.29 is 23.9 Å².